The fourth-order valence-electron chi connectivity index (χ4n) is 3.00. The van der Waals surface area contributed by atoms with E-state index >= 15 is 0 Å². The summed E-state index contributed by atoms with van der Waals surface area (Å²) in [5.74, 6) is -1.39. The first kappa shape index (κ1) is 25.9. The summed E-state index contributed by atoms with van der Waals surface area (Å²) in [6.07, 6.45) is 1.36. The van der Waals surface area contributed by atoms with Gasteiger partial charge in [-0.15, -0.1) is 10.2 Å². The Kier molecular flexibility index (Phi) is 8.69. The molecule has 0 aliphatic rings. The monoisotopic (exact) mass is 495 g/mol. The number of fused-ring (bicyclic) bond motifs is 1. The molecular weight excluding hydrogens is 470 g/mol. The van der Waals surface area contributed by atoms with Crippen LogP contribution in [0.1, 0.15) is 37.0 Å². The van der Waals surface area contributed by atoms with Crippen LogP contribution in [0.25, 0.3) is 11.2 Å². The van der Waals surface area contributed by atoms with Crippen LogP contribution in [0.3, 0.4) is 0 Å². The quantitative estimate of drug-likeness (QED) is 0.273. The molecule has 36 heavy (non-hydrogen) atoms. The number of hydrogen-bond donors (Lipinski definition) is 3. The van der Waals surface area contributed by atoms with Gasteiger partial charge in [0.15, 0.2) is 22.8 Å². The second-order valence-electron chi connectivity index (χ2n) is 7.24. The van der Waals surface area contributed by atoms with E-state index in [1.165, 1.54) is 18.3 Å². The third kappa shape index (κ3) is 6.88. The molecule has 0 unspecified atom stereocenters. The molecule has 14 nitrogen and oxygen atoms in total. The van der Waals surface area contributed by atoms with E-state index in [1.54, 1.807) is 26.0 Å². The number of nitrogen functional groups attached to an aromatic ring is 2. The number of hydrogen-bond acceptors (Lipinski definition) is 13. The Labute approximate surface area is 205 Å². The van der Waals surface area contributed by atoms with Crippen molar-refractivity contribution < 1.29 is 23.9 Å². The van der Waals surface area contributed by atoms with Gasteiger partial charge in [-0.25, -0.2) is 14.8 Å². The van der Waals surface area contributed by atoms with Crippen LogP contribution in [0.15, 0.2) is 40.7 Å². The Balaban J connectivity index is 1.67. The highest BCUT2D eigenvalue weighted by Crippen LogP contribution is 2.21. The lowest BCUT2D eigenvalue weighted by Gasteiger charge is -2.17. The minimum Gasteiger partial charge on any atom is -0.466 e. The van der Waals surface area contributed by atoms with Gasteiger partial charge in [0.2, 0.25) is 5.95 Å². The highest BCUT2D eigenvalue weighted by Gasteiger charge is 2.24. The first-order valence-electron chi connectivity index (χ1n) is 11.0. The third-order valence-electron chi connectivity index (χ3n) is 4.65. The van der Waals surface area contributed by atoms with E-state index in [2.05, 4.69) is 35.5 Å². The molecule has 3 rings (SSSR count). The standard InChI is InChI=1S/C22H25N9O5/c1-3-35-16(32)10-9-14(21(34)36-4-2)26-20(33)12-5-7-13(8-6-12)30-31-15-11-25-19-17(27-15)18(23)28-22(24)29-19/h5-8,11,14H,3-4,9-10H2,1-2H3,(H,26,33)(H4,23,24,25,28,29)/t14-/m0/s1. The van der Waals surface area contributed by atoms with E-state index in [1.807, 2.05) is 0 Å². The summed E-state index contributed by atoms with van der Waals surface area (Å²) in [6.45, 7) is 3.70. The Morgan fingerprint density at radius 1 is 1.00 bits per heavy atom. The number of esters is 2. The van der Waals surface area contributed by atoms with E-state index in [0.29, 0.717) is 5.69 Å². The number of carbonyl (C=O) groups is 3. The highest BCUT2D eigenvalue weighted by molar-refractivity contribution is 5.97. The Hall–Kier alpha value is -4.75. The second kappa shape index (κ2) is 12.1. The summed E-state index contributed by atoms with van der Waals surface area (Å²) >= 11 is 0. The average molecular weight is 496 g/mol. The molecule has 2 heterocycles. The lowest BCUT2D eigenvalue weighted by Crippen LogP contribution is -2.42. The second-order valence-corrected chi connectivity index (χ2v) is 7.24. The normalized spacial score (nSPS) is 11.8. The molecule has 3 aromatic rings. The summed E-state index contributed by atoms with van der Waals surface area (Å²) in [6, 6.07) is 5.14. The van der Waals surface area contributed by atoms with Crippen molar-refractivity contribution in [2.24, 2.45) is 10.2 Å². The van der Waals surface area contributed by atoms with Gasteiger partial charge in [0.1, 0.15) is 6.04 Å². The number of azo groups is 1. The molecule has 0 aliphatic heterocycles. The molecule has 0 fully saturated rings. The van der Waals surface area contributed by atoms with Gasteiger partial charge in [-0.05, 0) is 44.5 Å². The number of nitrogens with zero attached hydrogens (tertiary/aromatic N) is 6. The van der Waals surface area contributed by atoms with E-state index in [4.69, 9.17) is 20.9 Å². The number of nitrogens with two attached hydrogens (primary N) is 2. The first-order chi connectivity index (χ1) is 17.3. The topological polar surface area (TPSA) is 210 Å². The lowest BCUT2D eigenvalue weighted by molar-refractivity contribution is -0.146. The lowest BCUT2D eigenvalue weighted by atomic mass is 10.1. The van der Waals surface area contributed by atoms with Crippen molar-refractivity contribution in [1.82, 2.24) is 25.3 Å². The smallest absolute Gasteiger partial charge is 0.328 e. The van der Waals surface area contributed by atoms with Gasteiger partial charge in [0.05, 0.1) is 25.1 Å². The minimum absolute atomic E-state index is 0.0135. The Bertz CT molecular complexity index is 1280. The predicted octanol–water partition coefficient (Wildman–Crippen LogP) is 2.00. The zero-order chi connectivity index (χ0) is 26.1. The number of rotatable bonds is 10. The maximum Gasteiger partial charge on any atom is 0.328 e. The van der Waals surface area contributed by atoms with Crippen LogP contribution in [0.4, 0.5) is 23.3 Å². The molecule has 0 aliphatic carbocycles. The van der Waals surface area contributed by atoms with Crippen LogP contribution in [-0.4, -0.2) is 57.0 Å². The molecule has 2 aromatic heterocycles. The van der Waals surface area contributed by atoms with E-state index in [-0.39, 0.29) is 60.4 Å². The largest absolute Gasteiger partial charge is 0.466 e. The number of amides is 1. The van der Waals surface area contributed by atoms with Crippen molar-refractivity contribution in [3.63, 3.8) is 0 Å². The highest BCUT2D eigenvalue weighted by atomic mass is 16.5. The van der Waals surface area contributed by atoms with Crippen LogP contribution in [0.2, 0.25) is 0 Å². The van der Waals surface area contributed by atoms with Gasteiger partial charge in [-0.1, -0.05) is 0 Å². The Morgan fingerprint density at radius 3 is 2.42 bits per heavy atom. The Morgan fingerprint density at radius 2 is 1.72 bits per heavy atom. The van der Waals surface area contributed by atoms with Crippen LogP contribution < -0.4 is 16.8 Å². The third-order valence-corrected chi connectivity index (χ3v) is 4.65. The zero-order valence-electron chi connectivity index (χ0n) is 19.7. The SMILES string of the molecule is CCOC(=O)CC[C@H](NC(=O)c1ccc(N=Nc2cnc3nc(N)nc(N)c3n2)cc1)C(=O)OCC. The molecule has 0 spiro atoms. The summed E-state index contributed by atoms with van der Waals surface area (Å²) in [5.41, 5.74) is 12.5. The van der Waals surface area contributed by atoms with Gasteiger partial charge >= 0.3 is 11.9 Å². The molecule has 0 saturated heterocycles. The molecule has 5 N–H and O–H groups in total. The molecule has 0 radical (unpaired) electrons. The van der Waals surface area contributed by atoms with Crippen molar-refractivity contribution in [3.8, 4) is 0 Å². The number of aromatic nitrogens is 4. The van der Waals surface area contributed by atoms with E-state index in [0.717, 1.165) is 0 Å². The first-order valence-corrected chi connectivity index (χ1v) is 11.0. The summed E-state index contributed by atoms with van der Waals surface area (Å²) in [4.78, 5) is 52.6. The number of anilines is 2. The van der Waals surface area contributed by atoms with Gasteiger partial charge in [-0.2, -0.15) is 9.97 Å². The van der Waals surface area contributed by atoms with Crippen LogP contribution in [0, 0.1) is 0 Å². The minimum atomic E-state index is -1.00. The maximum atomic E-state index is 12.7. The number of nitrogens with one attached hydrogen (secondary N) is 1. The fourth-order valence-corrected chi connectivity index (χ4v) is 3.00. The molecule has 0 bridgehead atoms. The van der Waals surface area contributed by atoms with Crippen molar-refractivity contribution in [3.05, 3.63) is 36.0 Å². The van der Waals surface area contributed by atoms with Crippen LogP contribution >= 0.6 is 0 Å². The van der Waals surface area contributed by atoms with Gasteiger partial charge in [0, 0.05) is 12.0 Å². The molecule has 1 amide bonds. The number of ether oxygens (including phenoxy) is 2. The average Bonchev–Trinajstić information content (AvgIpc) is 2.85. The number of benzene rings is 1. The molecule has 14 heteroatoms. The van der Waals surface area contributed by atoms with Gasteiger partial charge in [0.25, 0.3) is 5.91 Å². The van der Waals surface area contributed by atoms with E-state index in [9.17, 15) is 14.4 Å². The predicted molar refractivity (Wildman–Crippen MR) is 128 cm³/mol. The van der Waals surface area contributed by atoms with E-state index < -0.39 is 23.9 Å². The molecular formula is C22H25N9O5. The van der Waals surface area contributed by atoms with Crippen LogP contribution in [-0.2, 0) is 19.1 Å². The van der Waals surface area contributed by atoms with Gasteiger partial charge < -0.3 is 26.3 Å². The summed E-state index contributed by atoms with van der Waals surface area (Å²) in [5, 5.41) is 10.7. The van der Waals surface area contributed by atoms with Crippen molar-refractivity contribution in [1.29, 1.82) is 0 Å². The molecule has 1 atom stereocenters. The summed E-state index contributed by atoms with van der Waals surface area (Å²) in [7, 11) is 0. The van der Waals surface area contributed by atoms with Crippen LogP contribution in [0.5, 0.6) is 0 Å². The van der Waals surface area contributed by atoms with Crippen molar-refractivity contribution in [2.75, 3.05) is 24.7 Å². The molecule has 0 saturated carbocycles. The van der Waals surface area contributed by atoms with Crippen molar-refractivity contribution in [2.45, 2.75) is 32.7 Å². The zero-order valence-corrected chi connectivity index (χ0v) is 19.7. The van der Waals surface area contributed by atoms with Gasteiger partial charge in [-0.3, -0.25) is 9.59 Å². The summed E-state index contributed by atoms with van der Waals surface area (Å²) < 4.78 is 9.87. The van der Waals surface area contributed by atoms with Crippen molar-refractivity contribution >= 4 is 52.3 Å². The number of carbonyl (C=O) groups excluding carboxylic acids is 3. The maximum absolute atomic E-state index is 12.7. The molecule has 1 aromatic carbocycles. The fraction of sp³-hybridized carbons (Fsp3) is 0.318. The molecule has 188 valence electrons.